The van der Waals surface area contributed by atoms with Gasteiger partial charge in [-0.1, -0.05) is 12.1 Å². The van der Waals surface area contributed by atoms with Crippen LogP contribution in [0.4, 0.5) is 11.5 Å². The van der Waals surface area contributed by atoms with Crippen LogP contribution in [0, 0.1) is 5.92 Å². The van der Waals surface area contributed by atoms with Crippen LogP contribution in [0.1, 0.15) is 29.0 Å². The van der Waals surface area contributed by atoms with Gasteiger partial charge in [-0.05, 0) is 37.0 Å². The van der Waals surface area contributed by atoms with Crippen LogP contribution in [0.2, 0.25) is 0 Å². The van der Waals surface area contributed by atoms with E-state index in [1.165, 1.54) is 0 Å². The van der Waals surface area contributed by atoms with Crippen molar-refractivity contribution in [3.63, 3.8) is 0 Å². The molecule has 0 saturated heterocycles. The molecule has 0 atom stereocenters. The van der Waals surface area contributed by atoms with E-state index in [-0.39, 0.29) is 18.4 Å². The quantitative estimate of drug-likeness (QED) is 0.657. The number of anilines is 2. The molecule has 2 aromatic heterocycles. The first-order valence-electron chi connectivity index (χ1n) is 10.3. The largest absolute Gasteiger partial charge is 0.359 e. The van der Waals surface area contributed by atoms with Crippen molar-refractivity contribution in [2.45, 2.75) is 19.3 Å². The average Bonchev–Trinajstić information content (AvgIpc) is 3.53. The third-order valence-electron chi connectivity index (χ3n) is 5.78. The normalized spacial score (nSPS) is 15.8. The lowest BCUT2D eigenvalue weighted by Crippen LogP contribution is -2.41. The highest BCUT2D eigenvalue weighted by Gasteiger charge is 2.32. The third kappa shape index (κ3) is 3.49. The Balaban J connectivity index is 1.27. The fourth-order valence-corrected chi connectivity index (χ4v) is 3.88. The number of benzene rings is 1. The van der Waals surface area contributed by atoms with Crippen molar-refractivity contribution in [3.05, 3.63) is 47.9 Å². The Morgan fingerprint density at radius 3 is 2.93 bits per heavy atom. The Kier molecular flexibility index (Phi) is 4.61. The molecule has 3 heterocycles. The zero-order chi connectivity index (χ0) is 20.7. The lowest BCUT2D eigenvalue weighted by molar-refractivity contribution is -0.117. The fraction of sp³-hybridized carbons (Fsp3) is 0.364. The molecule has 8 heteroatoms. The third-order valence-corrected chi connectivity index (χ3v) is 5.78. The summed E-state index contributed by atoms with van der Waals surface area (Å²) in [5.41, 5.74) is 3.18. The topological polar surface area (TPSA) is 92.2 Å². The number of hydrogen-bond acceptors (Lipinski definition) is 5. The molecule has 8 nitrogen and oxygen atoms in total. The summed E-state index contributed by atoms with van der Waals surface area (Å²) in [4.78, 5) is 35.8. The van der Waals surface area contributed by atoms with E-state index in [1.54, 1.807) is 17.2 Å². The highest BCUT2D eigenvalue weighted by atomic mass is 16.2. The average molecular weight is 404 g/mol. The van der Waals surface area contributed by atoms with Crippen molar-refractivity contribution in [1.82, 2.24) is 19.9 Å². The minimum absolute atomic E-state index is 0.0237. The van der Waals surface area contributed by atoms with Crippen molar-refractivity contribution in [3.8, 4) is 0 Å². The Morgan fingerprint density at radius 2 is 2.13 bits per heavy atom. The fourth-order valence-electron chi connectivity index (χ4n) is 3.88. The molecule has 1 fully saturated rings. The van der Waals surface area contributed by atoms with Gasteiger partial charge in [0.15, 0.2) is 0 Å². The van der Waals surface area contributed by atoms with Crippen molar-refractivity contribution in [1.29, 1.82) is 0 Å². The van der Waals surface area contributed by atoms with Gasteiger partial charge in [0, 0.05) is 32.8 Å². The molecule has 3 aromatic rings. The van der Waals surface area contributed by atoms with Gasteiger partial charge in [-0.2, -0.15) is 0 Å². The minimum Gasteiger partial charge on any atom is -0.359 e. The Bertz CT molecular complexity index is 1130. The van der Waals surface area contributed by atoms with Crippen molar-refractivity contribution in [2.24, 2.45) is 13.0 Å². The number of aromatic nitrogens is 3. The van der Waals surface area contributed by atoms with Crippen molar-refractivity contribution in [2.75, 3.05) is 29.9 Å². The predicted octanol–water partition coefficient (Wildman–Crippen LogP) is 2.11. The number of imidazole rings is 1. The second-order valence-electron chi connectivity index (χ2n) is 7.97. The number of pyridine rings is 1. The van der Waals surface area contributed by atoms with Crippen LogP contribution in [-0.4, -0.2) is 46.0 Å². The molecule has 2 N–H and O–H groups in total. The molecule has 1 saturated carbocycles. The minimum atomic E-state index is -0.201. The molecule has 2 amide bonds. The molecule has 0 unspecified atom stereocenters. The van der Waals surface area contributed by atoms with E-state index >= 15 is 0 Å². The second-order valence-corrected chi connectivity index (χ2v) is 7.97. The molecule has 30 heavy (non-hydrogen) atoms. The Labute approximate surface area is 174 Å². The summed E-state index contributed by atoms with van der Waals surface area (Å²) in [5, 5.41) is 5.99. The van der Waals surface area contributed by atoms with Crippen LogP contribution >= 0.6 is 0 Å². The van der Waals surface area contributed by atoms with Crippen LogP contribution in [0.15, 0.2) is 36.5 Å². The molecule has 0 spiro atoms. The summed E-state index contributed by atoms with van der Waals surface area (Å²) in [6.07, 6.45) is 4.50. The van der Waals surface area contributed by atoms with E-state index < -0.39 is 0 Å². The Morgan fingerprint density at radius 1 is 1.30 bits per heavy atom. The first-order chi connectivity index (χ1) is 14.6. The van der Waals surface area contributed by atoms with E-state index in [2.05, 4.69) is 25.2 Å². The molecular weight excluding hydrogens is 380 g/mol. The number of aryl methyl sites for hydroxylation is 1. The number of rotatable bonds is 6. The highest BCUT2D eigenvalue weighted by Crippen LogP contribution is 2.35. The second kappa shape index (κ2) is 7.44. The van der Waals surface area contributed by atoms with E-state index in [0.29, 0.717) is 42.5 Å². The number of hydrogen-bond donors (Lipinski definition) is 2. The lowest BCUT2D eigenvalue weighted by Gasteiger charge is -2.29. The monoisotopic (exact) mass is 404 g/mol. The summed E-state index contributed by atoms with van der Waals surface area (Å²) in [6.45, 7) is 1.42. The molecule has 1 aliphatic carbocycles. The van der Waals surface area contributed by atoms with E-state index in [4.69, 9.17) is 0 Å². The number of carbonyl (C=O) groups is 2. The van der Waals surface area contributed by atoms with Crippen molar-refractivity contribution < 1.29 is 9.59 Å². The molecular formula is C22H24N6O2. The summed E-state index contributed by atoms with van der Waals surface area (Å²) in [7, 11) is 1.98. The van der Waals surface area contributed by atoms with E-state index in [0.717, 1.165) is 29.7 Å². The van der Waals surface area contributed by atoms with Gasteiger partial charge >= 0.3 is 0 Å². The van der Waals surface area contributed by atoms with Gasteiger partial charge in [-0.3, -0.25) is 9.59 Å². The van der Waals surface area contributed by atoms with Gasteiger partial charge in [0.25, 0.3) is 5.91 Å². The lowest BCUT2D eigenvalue weighted by atomic mass is 10.1. The Hall–Kier alpha value is -3.42. The van der Waals surface area contributed by atoms with Gasteiger partial charge in [0.05, 0.1) is 28.8 Å². The predicted molar refractivity (Wildman–Crippen MR) is 115 cm³/mol. The van der Waals surface area contributed by atoms with E-state index in [9.17, 15) is 9.59 Å². The molecule has 1 aromatic carbocycles. The maximum absolute atomic E-state index is 12.7. The zero-order valence-corrected chi connectivity index (χ0v) is 16.9. The molecule has 5 rings (SSSR count). The molecule has 1 aliphatic heterocycles. The maximum atomic E-state index is 12.7. The van der Waals surface area contributed by atoms with Gasteiger partial charge in [-0.25, -0.2) is 9.97 Å². The van der Waals surface area contributed by atoms with Gasteiger partial charge in [0.1, 0.15) is 11.6 Å². The molecule has 2 aliphatic rings. The molecule has 154 valence electrons. The first-order valence-corrected chi connectivity index (χ1v) is 10.3. The summed E-state index contributed by atoms with van der Waals surface area (Å²) < 4.78 is 2.05. The SMILES string of the molecule is Cn1c(CCNC(=O)c2cnc3c(c2)N(CC2CC2)C(=O)CN3)nc2ccccc21. The number of carbonyl (C=O) groups excluding carboxylic acids is 2. The summed E-state index contributed by atoms with van der Waals surface area (Å²) >= 11 is 0. The number of fused-ring (bicyclic) bond motifs is 2. The standard InChI is InChI=1S/C22H24N6O2/c1-27-17-5-3-2-4-16(17)26-19(27)8-9-23-22(30)15-10-18-21(24-11-15)25-12-20(29)28(18)13-14-6-7-14/h2-5,10-11,14H,6-9,12-13H2,1H3,(H,23,30)(H,24,25). The number of nitrogens with one attached hydrogen (secondary N) is 2. The number of amides is 2. The van der Waals surface area contributed by atoms with E-state index in [1.807, 2.05) is 31.3 Å². The van der Waals surface area contributed by atoms with Crippen LogP contribution in [-0.2, 0) is 18.3 Å². The van der Waals surface area contributed by atoms with Gasteiger partial charge in [0.2, 0.25) is 5.91 Å². The number of nitrogens with zero attached hydrogens (tertiary/aromatic N) is 4. The van der Waals surface area contributed by atoms with Crippen LogP contribution in [0.5, 0.6) is 0 Å². The highest BCUT2D eigenvalue weighted by molar-refractivity contribution is 6.04. The molecule has 0 radical (unpaired) electrons. The number of para-hydroxylation sites is 2. The zero-order valence-electron chi connectivity index (χ0n) is 16.9. The van der Waals surface area contributed by atoms with Crippen molar-refractivity contribution >= 4 is 34.4 Å². The first kappa shape index (κ1) is 18.6. The van der Waals surface area contributed by atoms with Crippen LogP contribution < -0.4 is 15.5 Å². The van der Waals surface area contributed by atoms with Gasteiger partial charge < -0.3 is 20.1 Å². The van der Waals surface area contributed by atoms with Gasteiger partial charge in [-0.15, -0.1) is 0 Å². The summed E-state index contributed by atoms with van der Waals surface area (Å²) in [6, 6.07) is 9.74. The van der Waals surface area contributed by atoms with Crippen LogP contribution in [0.25, 0.3) is 11.0 Å². The molecule has 0 bridgehead atoms. The smallest absolute Gasteiger partial charge is 0.252 e. The maximum Gasteiger partial charge on any atom is 0.252 e. The van der Waals surface area contributed by atoms with Crippen LogP contribution in [0.3, 0.4) is 0 Å². The summed E-state index contributed by atoms with van der Waals surface area (Å²) in [5.74, 6) is 1.96.